The minimum Gasteiger partial charge on any atom is -0.545 e. The summed E-state index contributed by atoms with van der Waals surface area (Å²) in [4.78, 5) is 37.5. The van der Waals surface area contributed by atoms with E-state index in [0.29, 0.717) is 17.4 Å². The van der Waals surface area contributed by atoms with E-state index in [2.05, 4.69) is 148 Å². The van der Waals surface area contributed by atoms with Gasteiger partial charge in [0.2, 0.25) is 0 Å². The Hall–Kier alpha value is -4.57. The highest BCUT2D eigenvalue weighted by atomic mass is 16.7. The van der Waals surface area contributed by atoms with Crippen LogP contribution in [0.5, 0.6) is 0 Å². The summed E-state index contributed by atoms with van der Waals surface area (Å²) < 4.78 is 22.8. The van der Waals surface area contributed by atoms with E-state index in [4.69, 9.17) is 18.9 Å². The standard InChI is InChI=1S/C76H127NO8/c1-6-8-10-12-14-16-18-20-22-24-26-28-30-31-32-33-34-35-36-37-38-39-40-41-42-43-45-47-49-51-53-55-57-59-61-63-65-67-74(79)85-72(71-84-76(75(80)81)82-69-68-77(3,4)5)70-83-73(78)66-64-62-60-58-56-54-52-50-48-46-44-29-27-25-23-21-19-17-15-13-11-9-7-2/h8,10,14,16,19-22,25-28,31-32,34-35,37-38,40-41,43,45,72,76H,6-7,9,11-13,15,17-18,23-24,29-30,33,36,39,42,44,46-71H2,1-5H3/b10-8-,16-14-,21-19-,22-20-,27-25-,28-26-,32-31-,35-34-,38-37-,41-40-,45-43-. The Morgan fingerprint density at radius 3 is 1.00 bits per heavy atom. The van der Waals surface area contributed by atoms with Crippen molar-refractivity contribution in [2.45, 2.75) is 283 Å². The molecule has 0 saturated carbocycles. The number of likely N-dealkylation sites (N-methyl/N-ethyl adjacent to an activating group) is 1. The monoisotopic (exact) mass is 1180 g/mol. The molecule has 2 atom stereocenters. The molecule has 0 amide bonds. The van der Waals surface area contributed by atoms with Crippen LogP contribution in [-0.2, 0) is 33.3 Å². The number of hydrogen-bond acceptors (Lipinski definition) is 8. The van der Waals surface area contributed by atoms with Crippen LogP contribution in [0.2, 0.25) is 0 Å². The van der Waals surface area contributed by atoms with E-state index in [0.717, 1.165) is 109 Å². The van der Waals surface area contributed by atoms with Crippen molar-refractivity contribution < 1.29 is 42.9 Å². The van der Waals surface area contributed by atoms with Crippen LogP contribution in [0.1, 0.15) is 271 Å². The Labute approximate surface area is 522 Å². The summed E-state index contributed by atoms with van der Waals surface area (Å²) in [5.41, 5.74) is 0. The first kappa shape index (κ1) is 80.4. The smallest absolute Gasteiger partial charge is 0.306 e. The molecule has 0 fully saturated rings. The van der Waals surface area contributed by atoms with Gasteiger partial charge in [-0.05, 0) is 116 Å². The number of carboxylic acids is 1. The summed E-state index contributed by atoms with van der Waals surface area (Å²) in [6, 6.07) is 0. The number of unbranched alkanes of at least 4 members (excludes halogenated alkanes) is 25. The second kappa shape index (κ2) is 65.4. The second-order valence-electron chi connectivity index (χ2n) is 23.7. The van der Waals surface area contributed by atoms with Gasteiger partial charge in [-0.15, -0.1) is 0 Å². The lowest BCUT2D eigenvalue weighted by atomic mass is 10.0. The number of ether oxygens (including phenoxy) is 4. The van der Waals surface area contributed by atoms with Crippen molar-refractivity contribution in [3.8, 4) is 0 Å². The predicted molar refractivity (Wildman–Crippen MR) is 361 cm³/mol. The maximum absolute atomic E-state index is 12.9. The fraction of sp³-hybridized carbons (Fsp3) is 0.671. The Bertz CT molecular complexity index is 1860. The highest BCUT2D eigenvalue weighted by molar-refractivity contribution is 5.70. The van der Waals surface area contributed by atoms with Crippen molar-refractivity contribution in [2.24, 2.45) is 0 Å². The number of carboxylic acid groups (broad SMARTS) is 1. The molecular weight excluding hydrogens is 1050 g/mol. The molecule has 0 rings (SSSR count). The van der Waals surface area contributed by atoms with Gasteiger partial charge in [-0.1, -0.05) is 276 Å². The fourth-order valence-electron chi connectivity index (χ4n) is 9.15. The van der Waals surface area contributed by atoms with Gasteiger partial charge in [0.05, 0.1) is 40.3 Å². The molecule has 0 heterocycles. The number of carbonyl (C=O) groups is 3. The van der Waals surface area contributed by atoms with Gasteiger partial charge in [0.25, 0.3) is 0 Å². The molecule has 0 aliphatic rings. The summed E-state index contributed by atoms with van der Waals surface area (Å²) in [5.74, 6) is -2.30. The summed E-state index contributed by atoms with van der Waals surface area (Å²) in [6.07, 6.45) is 90.9. The van der Waals surface area contributed by atoms with Gasteiger partial charge in [-0.3, -0.25) is 9.59 Å². The average molecular weight is 1180 g/mol. The average Bonchev–Trinajstić information content (AvgIpc) is 3.48. The zero-order valence-corrected chi connectivity index (χ0v) is 55.2. The lowest BCUT2D eigenvalue weighted by Crippen LogP contribution is -2.44. The first-order valence-electron chi connectivity index (χ1n) is 34.3. The molecule has 2 unspecified atom stereocenters. The van der Waals surface area contributed by atoms with E-state index in [-0.39, 0.29) is 38.6 Å². The number of quaternary nitrogens is 1. The van der Waals surface area contributed by atoms with Crippen molar-refractivity contribution in [2.75, 3.05) is 47.5 Å². The molecule has 0 aromatic heterocycles. The molecule has 85 heavy (non-hydrogen) atoms. The minimum atomic E-state index is -1.63. The van der Waals surface area contributed by atoms with E-state index in [1.54, 1.807) is 0 Å². The molecule has 9 heteroatoms. The minimum absolute atomic E-state index is 0.140. The number of hydrogen-bond donors (Lipinski definition) is 0. The van der Waals surface area contributed by atoms with Gasteiger partial charge in [-0.2, -0.15) is 0 Å². The molecule has 0 radical (unpaired) electrons. The SMILES string of the molecule is CC/C=C\C/C=C\C/C=C\C/C=C\C/C=C\C/C=C\C/C=C\C/C=C\C/C=C\CCCCCCCCCCCC(=O)OC(COC(=O)CCCCCCCCCCCCC/C=C\C/C=C\CCCCCCC)COC(OCC[N+](C)(C)C)C(=O)[O-]. The topological polar surface area (TPSA) is 111 Å². The third kappa shape index (κ3) is 66.8. The normalized spacial score (nSPS) is 13.6. The Kier molecular flexibility index (Phi) is 61.9. The Morgan fingerprint density at radius 2 is 0.671 bits per heavy atom. The molecular formula is C76H127NO8. The quantitative estimate of drug-likeness (QED) is 0.0195. The number of allylic oxidation sites excluding steroid dienone is 22. The predicted octanol–water partition coefficient (Wildman–Crippen LogP) is 20.0. The molecule has 0 aliphatic heterocycles. The van der Waals surface area contributed by atoms with Crippen molar-refractivity contribution in [3.05, 3.63) is 134 Å². The summed E-state index contributed by atoms with van der Waals surface area (Å²) in [6.45, 7) is 4.62. The van der Waals surface area contributed by atoms with Crippen molar-refractivity contribution in [3.63, 3.8) is 0 Å². The van der Waals surface area contributed by atoms with Crippen LogP contribution in [0.4, 0.5) is 0 Å². The maximum atomic E-state index is 12.9. The zero-order chi connectivity index (χ0) is 61.9. The summed E-state index contributed by atoms with van der Waals surface area (Å²) in [5, 5.41) is 11.8. The molecule has 9 nitrogen and oxygen atoms in total. The number of nitrogens with zero attached hydrogens (tertiary/aromatic N) is 1. The molecule has 0 bridgehead atoms. The zero-order valence-electron chi connectivity index (χ0n) is 55.2. The van der Waals surface area contributed by atoms with Gasteiger partial charge >= 0.3 is 11.9 Å². The summed E-state index contributed by atoms with van der Waals surface area (Å²) >= 11 is 0. The van der Waals surface area contributed by atoms with Crippen molar-refractivity contribution in [1.82, 2.24) is 0 Å². The lowest BCUT2D eigenvalue weighted by Gasteiger charge is -2.26. The van der Waals surface area contributed by atoms with Gasteiger partial charge in [0.15, 0.2) is 12.4 Å². The Morgan fingerprint density at radius 1 is 0.365 bits per heavy atom. The van der Waals surface area contributed by atoms with Gasteiger partial charge < -0.3 is 33.3 Å². The van der Waals surface area contributed by atoms with Crippen LogP contribution in [0.15, 0.2) is 134 Å². The number of rotatable bonds is 62. The first-order valence-corrected chi connectivity index (χ1v) is 34.3. The number of aliphatic carboxylic acids is 1. The van der Waals surface area contributed by atoms with Crippen LogP contribution in [-0.4, -0.2) is 82.3 Å². The number of carbonyl (C=O) groups excluding carboxylic acids is 3. The van der Waals surface area contributed by atoms with Crippen LogP contribution < -0.4 is 5.11 Å². The van der Waals surface area contributed by atoms with Crippen LogP contribution in [0.25, 0.3) is 0 Å². The largest absolute Gasteiger partial charge is 0.545 e. The molecule has 0 N–H and O–H groups in total. The second-order valence-corrected chi connectivity index (χ2v) is 23.7. The Balaban J connectivity index is 4.19. The van der Waals surface area contributed by atoms with Crippen molar-refractivity contribution >= 4 is 17.9 Å². The van der Waals surface area contributed by atoms with Gasteiger partial charge in [-0.25, -0.2) is 0 Å². The molecule has 0 aromatic rings. The van der Waals surface area contributed by atoms with E-state index in [9.17, 15) is 19.5 Å². The molecule has 0 aliphatic carbocycles. The number of esters is 2. The fourth-order valence-corrected chi connectivity index (χ4v) is 9.15. The highest BCUT2D eigenvalue weighted by Crippen LogP contribution is 2.16. The van der Waals surface area contributed by atoms with E-state index in [1.807, 2.05) is 21.1 Å². The molecule has 484 valence electrons. The van der Waals surface area contributed by atoms with Crippen LogP contribution in [0.3, 0.4) is 0 Å². The molecule has 0 spiro atoms. The van der Waals surface area contributed by atoms with Crippen LogP contribution >= 0.6 is 0 Å². The van der Waals surface area contributed by atoms with E-state index in [1.165, 1.54) is 128 Å². The summed E-state index contributed by atoms with van der Waals surface area (Å²) in [7, 11) is 5.92. The van der Waals surface area contributed by atoms with Gasteiger partial charge in [0, 0.05) is 12.8 Å². The highest BCUT2D eigenvalue weighted by Gasteiger charge is 2.22. The van der Waals surface area contributed by atoms with E-state index >= 15 is 0 Å². The van der Waals surface area contributed by atoms with Crippen LogP contribution in [0, 0.1) is 0 Å². The first-order chi connectivity index (χ1) is 41.6. The van der Waals surface area contributed by atoms with Crippen molar-refractivity contribution in [1.29, 1.82) is 0 Å². The maximum Gasteiger partial charge on any atom is 0.306 e. The van der Waals surface area contributed by atoms with E-state index < -0.39 is 24.3 Å². The van der Waals surface area contributed by atoms with Gasteiger partial charge in [0.1, 0.15) is 13.2 Å². The molecule has 0 saturated heterocycles. The lowest BCUT2D eigenvalue weighted by molar-refractivity contribution is -0.870. The third-order valence-electron chi connectivity index (χ3n) is 14.4. The third-order valence-corrected chi connectivity index (χ3v) is 14.4. The molecule has 0 aromatic carbocycles.